The van der Waals surface area contributed by atoms with E-state index in [1.54, 1.807) is 6.07 Å². The number of thiol groups is 1. The fourth-order valence-corrected chi connectivity index (χ4v) is 2.09. The Morgan fingerprint density at radius 2 is 2.00 bits per heavy atom. The van der Waals surface area contributed by atoms with Crippen molar-refractivity contribution in [2.45, 2.75) is 25.2 Å². The number of amides is 1. The van der Waals surface area contributed by atoms with Crippen LogP contribution in [-0.2, 0) is 0 Å². The maximum absolute atomic E-state index is 11.9. The molecule has 0 aliphatic rings. The van der Waals surface area contributed by atoms with Crippen molar-refractivity contribution in [3.05, 3.63) is 29.8 Å². The second-order valence-corrected chi connectivity index (χ2v) is 4.69. The van der Waals surface area contributed by atoms with E-state index in [2.05, 4.69) is 36.7 Å². The predicted molar refractivity (Wildman–Crippen MR) is 78.4 cm³/mol. The average Bonchev–Trinajstić information content (AvgIpc) is 2.38. The SMILES string of the molecule is CCCN(CC)CCNC(=O)c1ccccc1S. The first-order valence-corrected chi connectivity index (χ1v) is 6.92. The number of nitrogens with zero attached hydrogens (tertiary/aromatic N) is 1. The number of benzene rings is 1. The molecule has 100 valence electrons. The lowest BCUT2D eigenvalue weighted by atomic mass is 10.2. The highest BCUT2D eigenvalue weighted by Crippen LogP contribution is 2.12. The van der Waals surface area contributed by atoms with Crippen molar-refractivity contribution < 1.29 is 4.79 Å². The maximum atomic E-state index is 11.9. The molecule has 0 fully saturated rings. The van der Waals surface area contributed by atoms with Crippen LogP contribution in [0.15, 0.2) is 29.2 Å². The normalized spacial score (nSPS) is 10.7. The Morgan fingerprint density at radius 1 is 1.28 bits per heavy atom. The summed E-state index contributed by atoms with van der Waals surface area (Å²) in [5.41, 5.74) is 0.638. The van der Waals surface area contributed by atoms with Gasteiger partial charge in [-0.3, -0.25) is 4.79 Å². The van der Waals surface area contributed by atoms with Crippen LogP contribution in [0.25, 0.3) is 0 Å². The first kappa shape index (κ1) is 15.1. The van der Waals surface area contributed by atoms with Crippen molar-refractivity contribution >= 4 is 18.5 Å². The highest BCUT2D eigenvalue weighted by atomic mass is 32.1. The molecule has 1 aromatic rings. The Hall–Kier alpha value is -1.00. The van der Waals surface area contributed by atoms with Crippen molar-refractivity contribution in [2.75, 3.05) is 26.2 Å². The summed E-state index contributed by atoms with van der Waals surface area (Å²) in [7, 11) is 0. The zero-order valence-corrected chi connectivity index (χ0v) is 12.0. The van der Waals surface area contributed by atoms with E-state index >= 15 is 0 Å². The molecule has 0 unspecified atom stereocenters. The monoisotopic (exact) mass is 266 g/mol. The molecular formula is C14H22N2OS. The van der Waals surface area contributed by atoms with Gasteiger partial charge in [-0.1, -0.05) is 26.0 Å². The lowest BCUT2D eigenvalue weighted by Gasteiger charge is -2.19. The summed E-state index contributed by atoms with van der Waals surface area (Å²) < 4.78 is 0. The van der Waals surface area contributed by atoms with E-state index in [1.807, 2.05) is 18.2 Å². The van der Waals surface area contributed by atoms with Gasteiger partial charge in [-0.2, -0.15) is 0 Å². The molecule has 0 aromatic heterocycles. The van der Waals surface area contributed by atoms with Crippen LogP contribution in [0, 0.1) is 0 Å². The van der Waals surface area contributed by atoms with Gasteiger partial charge < -0.3 is 10.2 Å². The fraction of sp³-hybridized carbons (Fsp3) is 0.500. The zero-order valence-electron chi connectivity index (χ0n) is 11.1. The summed E-state index contributed by atoms with van der Waals surface area (Å²) in [5.74, 6) is -0.0480. The van der Waals surface area contributed by atoms with Gasteiger partial charge in [0.1, 0.15) is 0 Å². The van der Waals surface area contributed by atoms with E-state index in [0.717, 1.165) is 31.0 Å². The lowest BCUT2D eigenvalue weighted by molar-refractivity contribution is 0.0946. The zero-order chi connectivity index (χ0) is 13.4. The van der Waals surface area contributed by atoms with Crippen LogP contribution in [0.5, 0.6) is 0 Å². The molecule has 4 heteroatoms. The quantitative estimate of drug-likeness (QED) is 0.743. The molecule has 0 heterocycles. The third-order valence-corrected chi connectivity index (χ3v) is 3.24. The second-order valence-electron chi connectivity index (χ2n) is 4.21. The van der Waals surface area contributed by atoms with Crippen molar-refractivity contribution in [2.24, 2.45) is 0 Å². The van der Waals surface area contributed by atoms with Crippen LogP contribution in [0.1, 0.15) is 30.6 Å². The third kappa shape index (κ3) is 4.70. The topological polar surface area (TPSA) is 32.3 Å². The predicted octanol–water partition coefficient (Wildman–Crippen LogP) is 2.44. The number of likely N-dealkylation sites (N-methyl/N-ethyl adjacent to an activating group) is 1. The maximum Gasteiger partial charge on any atom is 0.252 e. The van der Waals surface area contributed by atoms with Crippen LogP contribution in [0.2, 0.25) is 0 Å². The molecule has 1 rings (SSSR count). The first-order chi connectivity index (χ1) is 8.69. The molecule has 1 N–H and O–H groups in total. The van der Waals surface area contributed by atoms with Crippen molar-refractivity contribution in [3.63, 3.8) is 0 Å². The Balaban J connectivity index is 2.40. The fourth-order valence-electron chi connectivity index (χ4n) is 1.83. The van der Waals surface area contributed by atoms with E-state index in [1.165, 1.54) is 0 Å². The molecule has 0 bridgehead atoms. The summed E-state index contributed by atoms with van der Waals surface area (Å²) in [4.78, 5) is 15.0. The number of hydrogen-bond acceptors (Lipinski definition) is 3. The Bertz CT molecular complexity index is 382. The van der Waals surface area contributed by atoms with Gasteiger partial charge in [0.15, 0.2) is 0 Å². The van der Waals surface area contributed by atoms with Gasteiger partial charge in [-0.15, -0.1) is 12.6 Å². The molecule has 0 atom stereocenters. The van der Waals surface area contributed by atoms with Crippen LogP contribution in [-0.4, -0.2) is 37.0 Å². The van der Waals surface area contributed by atoms with Crippen LogP contribution in [0.3, 0.4) is 0 Å². The van der Waals surface area contributed by atoms with Crippen LogP contribution in [0.4, 0.5) is 0 Å². The first-order valence-electron chi connectivity index (χ1n) is 6.47. The molecule has 0 saturated heterocycles. The van der Waals surface area contributed by atoms with Gasteiger partial charge in [0.05, 0.1) is 5.56 Å². The molecule has 1 aromatic carbocycles. The smallest absolute Gasteiger partial charge is 0.252 e. The summed E-state index contributed by atoms with van der Waals surface area (Å²) in [6, 6.07) is 7.35. The minimum Gasteiger partial charge on any atom is -0.351 e. The van der Waals surface area contributed by atoms with Gasteiger partial charge in [0, 0.05) is 18.0 Å². The average molecular weight is 266 g/mol. The lowest BCUT2D eigenvalue weighted by Crippen LogP contribution is -2.35. The van der Waals surface area contributed by atoms with Gasteiger partial charge in [0.25, 0.3) is 5.91 Å². The Kier molecular flexibility index (Phi) is 6.83. The van der Waals surface area contributed by atoms with Crippen molar-refractivity contribution in [1.82, 2.24) is 10.2 Å². The second kappa shape index (κ2) is 8.16. The molecule has 18 heavy (non-hydrogen) atoms. The Morgan fingerprint density at radius 3 is 2.61 bits per heavy atom. The van der Waals surface area contributed by atoms with E-state index in [0.29, 0.717) is 12.1 Å². The third-order valence-electron chi connectivity index (χ3n) is 2.85. The minimum absolute atomic E-state index is 0.0480. The summed E-state index contributed by atoms with van der Waals surface area (Å²) in [6.07, 6.45) is 1.14. The minimum atomic E-state index is -0.0480. The van der Waals surface area contributed by atoms with Gasteiger partial charge in [-0.25, -0.2) is 0 Å². The van der Waals surface area contributed by atoms with Crippen molar-refractivity contribution in [1.29, 1.82) is 0 Å². The number of nitrogens with one attached hydrogen (secondary N) is 1. The highest BCUT2D eigenvalue weighted by Gasteiger charge is 2.08. The van der Waals surface area contributed by atoms with Crippen LogP contribution >= 0.6 is 12.6 Å². The summed E-state index contributed by atoms with van der Waals surface area (Å²) >= 11 is 4.28. The number of hydrogen-bond donors (Lipinski definition) is 2. The van der Waals surface area contributed by atoms with Gasteiger partial charge >= 0.3 is 0 Å². The largest absolute Gasteiger partial charge is 0.351 e. The Labute approximate surface area is 115 Å². The number of carbonyl (C=O) groups is 1. The molecule has 0 aliphatic heterocycles. The van der Waals surface area contributed by atoms with E-state index in [4.69, 9.17) is 0 Å². The summed E-state index contributed by atoms with van der Waals surface area (Å²) in [5, 5.41) is 2.93. The standard InChI is InChI=1S/C14H22N2OS/c1-3-10-16(4-2)11-9-15-14(17)12-7-5-6-8-13(12)18/h5-8,18H,3-4,9-11H2,1-2H3,(H,15,17). The molecular weight excluding hydrogens is 244 g/mol. The van der Waals surface area contributed by atoms with Crippen LogP contribution < -0.4 is 5.32 Å². The number of rotatable bonds is 7. The number of carbonyl (C=O) groups excluding carboxylic acids is 1. The highest BCUT2D eigenvalue weighted by molar-refractivity contribution is 7.80. The molecule has 0 spiro atoms. The van der Waals surface area contributed by atoms with E-state index < -0.39 is 0 Å². The van der Waals surface area contributed by atoms with Gasteiger partial charge in [-0.05, 0) is 31.6 Å². The molecule has 3 nitrogen and oxygen atoms in total. The molecule has 0 radical (unpaired) electrons. The van der Waals surface area contributed by atoms with E-state index in [-0.39, 0.29) is 5.91 Å². The molecule has 1 amide bonds. The van der Waals surface area contributed by atoms with Crippen molar-refractivity contribution in [3.8, 4) is 0 Å². The van der Waals surface area contributed by atoms with Gasteiger partial charge in [0.2, 0.25) is 0 Å². The summed E-state index contributed by atoms with van der Waals surface area (Å²) in [6.45, 7) is 7.97. The molecule has 0 aliphatic carbocycles. The van der Waals surface area contributed by atoms with E-state index in [9.17, 15) is 4.79 Å². The molecule has 0 saturated carbocycles.